The molecule has 0 amide bonds. The van der Waals surface area contributed by atoms with Gasteiger partial charge in [0.15, 0.2) is 5.16 Å². The number of methoxy groups -OCH3 is 1. The van der Waals surface area contributed by atoms with E-state index in [0.717, 1.165) is 47.5 Å². The van der Waals surface area contributed by atoms with Crippen LogP contribution < -0.4 is 10.3 Å². The molecule has 0 atom stereocenters. The summed E-state index contributed by atoms with van der Waals surface area (Å²) < 4.78 is 16.1. The number of hydrogen-bond acceptors (Lipinski definition) is 7. The standard InChI is InChI=1S/C26H23BrN4O3S2/c1-26(2)12-19-20(13-34-26)36-23-21(19)22(32)30(17-8-10-18(33-3)11-9-17)24-28-29-25(31(23)24)35-14-15-4-6-16(27)7-5-15/h4-11H,12-14H2,1-3H3. The Kier molecular flexibility index (Phi) is 5.94. The molecule has 0 aliphatic carbocycles. The third-order valence-electron chi connectivity index (χ3n) is 6.32. The Morgan fingerprint density at radius 2 is 1.89 bits per heavy atom. The van der Waals surface area contributed by atoms with E-state index in [2.05, 4.69) is 52.1 Å². The van der Waals surface area contributed by atoms with Crippen molar-refractivity contribution < 1.29 is 9.47 Å². The summed E-state index contributed by atoms with van der Waals surface area (Å²) >= 11 is 6.70. The van der Waals surface area contributed by atoms with Gasteiger partial charge >= 0.3 is 0 Å². The molecule has 1 aliphatic rings. The number of thiophene rings is 1. The lowest BCUT2D eigenvalue weighted by Crippen LogP contribution is -2.32. The number of aromatic nitrogens is 4. The molecule has 3 aromatic heterocycles. The molecule has 0 bridgehead atoms. The van der Waals surface area contributed by atoms with Gasteiger partial charge in [0.1, 0.15) is 10.6 Å². The van der Waals surface area contributed by atoms with Crippen LogP contribution in [0.3, 0.4) is 0 Å². The van der Waals surface area contributed by atoms with Crippen LogP contribution >= 0.6 is 39.0 Å². The minimum atomic E-state index is -0.334. The third kappa shape index (κ3) is 4.06. The fourth-order valence-electron chi connectivity index (χ4n) is 4.49. The van der Waals surface area contributed by atoms with E-state index >= 15 is 0 Å². The van der Waals surface area contributed by atoms with Crippen molar-refractivity contribution >= 4 is 55.0 Å². The molecule has 0 spiro atoms. The van der Waals surface area contributed by atoms with Crippen LogP contribution in [0.4, 0.5) is 0 Å². The van der Waals surface area contributed by atoms with Gasteiger partial charge in [-0.2, -0.15) is 0 Å². The Hall–Kier alpha value is -2.66. The number of ether oxygens (including phenoxy) is 2. The smallest absolute Gasteiger partial charge is 0.268 e. The minimum absolute atomic E-state index is 0.0882. The van der Waals surface area contributed by atoms with Crippen LogP contribution in [0.15, 0.2) is 63.0 Å². The summed E-state index contributed by atoms with van der Waals surface area (Å²) in [7, 11) is 1.63. The second-order valence-corrected chi connectivity index (χ2v) is 12.2. The number of thioether (sulfide) groups is 1. The van der Waals surface area contributed by atoms with E-state index in [9.17, 15) is 4.79 Å². The van der Waals surface area contributed by atoms with Crippen LogP contribution in [-0.2, 0) is 23.5 Å². The zero-order chi connectivity index (χ0) is 25.0. The van der Waals surface area contributed by atoms with E-state index in [4.69, 9.17) is 9.47 Å². The first-order valence-corrected chi connectivity index (χ1v) is 14.0. The zero-order valence-corrected chi connectivity index (χ0v) is 23.2. The van der Waals surface area contributed by atoms with Crippen molar-refractivity contribution in [3.05, 3.63) is 79.4 Å². The molecular formula is C26H23BrN4O3S2. The van der Waals surface area contributed by atoms with E-state index in [0.29, 0.717) is 18.8 Å². The highest BCUT2D eigenvalue weighted by Crippen LogP contribution is 2.39. The maximum absolute atomic E-state index is 14.1. The summed E-state index contributed by atoms with van der Waals surface area (Å²) in [5, 5.41) is 10.5. The number of benzene rings is 2. The van der Waals surface area contributed by atoms with E-state index in [1.807, 2.05) is 40.8 Å². The quantitative estimate of drug-likeness (QED) is 0.236. The summed E-state index contributed by atoms with van der Waals surface area (Å²) in [5.41, 5.74) is 2.54. The van der Waals surface area contributed by atoms with Crippen molar-refractivity contribution in [1.29, 1.82) is 0 Å². The molecule has 0 saturated heterocycles. The number of fused-ring (bicyclic) bond motifs is 5. The van der Waals surface area contributed by atoms with Crippen molar-refractivity contribution in [2.45, 2.75) is 43.4 Å². The van der Waals surface area contributed by atoms with Crippen LogP contribution in [0, 0.1) is 0 Å². The fourth-order valence-corrected chi connectivity index (χ4v) is 6.92. The molecule has 7 nitrogen and oxygen atoms in total. The van der Waals surface area contributed by atoms with E-state index in [-0.39, 0.29) is 11.2 Å². The van der Waals surface area contributed by atoms with E-state index in [1.165, 1.54) is 5.56 Å². The molecule has 0 fully saturated rings. The van der Waals surface area contributed by atoms with Crippen molar-refractivity contribution in [2.24, 2.45) is 0 Å². The third-order valence-corrected chi connectivity index (χ3v) is 9.04. The van der Waals surface area contributed by atoms with Gasteiger partial charge in [-0.1, -0.05) is 39.8 Å². The van der Waals surface area contributed by atoms with E-state index in [1.54, 1.807) is 34.8 Å². The van der Waals surface area contributed by atoms with Gasteiger partial charge in [-0.3, -0.25) is 4.79 Å². The lowest BCUT2D eigenvalue weighted by Gasteiger charge is -2.29. The molecule has 6 rings (SSSR count). The molecule has 0 radical (unpaired) electrons. The highest BCUT2D eigenvalue weighted by molar-refractivity contribution is 9.10. The Morgan fingerprint density at radius 3 is 2.61 bits per heavy atom. The van der Waals surface area contributed by atoms with Gasteiger partial charge in [-0.15, -0.1) is 21.5 Å². The first-order chi connectivity index (χ1) is 17.3. The predicted octanol–water partition coefficient (Wildman–Crippen LogP) is 6.01. The van der Waals surface area contributed by atoms with Crippen LogP contribution in [0.5, 0.6) is 5.75 Å². The molecule has 184 valence electrons. The Labute approximate surface area is 224 Å². The summed E-state index contributed by atoms with van der Waals surface area (Å²) in [4.78, 5) is 16.0. The Bertz CT molecular complexity index is 1650. The number of halogens is 1. The topological polar surface area (TPSA) is 70.7 Å². The molecule has 0 saturated carbocycles. The SMILES string of the molecule is COc1ccc(-n2c(=O)c3c4c(sc3n3c(SCc5ccc(Br)cc5)nnc23)COC(C)(C)C4)cc1. The number of rotatable bonds is 5. The molecule has 0 unspecified atom stereocenters. The van der Waals surface area contributed by atoms with Crippen molar-refractivity contribution in [3.8, 4) is 11.4 Å². The molecule has 36 heavy (non-hydrogen) atoms. The minimum Gasteiger partial charge on any atom is -0.497 e. The first kappa shape index (κ1) is 23.7. The summed E-state index contributed by atoms with van der Waals surface area (Å²) in [6.45, 7) is 4.63. The maximum atomic E-state index is 14.1. The largest absolute Gasteiger partial charge is 0.497 e. The molecular weight excluding hydrogens is 560 g/mol. The van der Waals surface area contributed by atoms with Gasteiger partial charge in [0.05, 0.1) is 30.4 Å². The molecule has 10 heteroatoms. The van der Waals surface area contributed by atoms with E-state index < -0.39 is 0 Å². The zero-order valence-electron chi connectivity index (χ0n) is 19.9. The molecule has 5 aromatic rings. The number of hydrogen-bond donors (Lipinski definition) is 0. The van der Waals surface area contributed by atoms with Gasteiger partial charge in [0, 0.05) is 21.5 Å². The second kappa shape index (κ2) is 9.02. The monoisotopic (exact) mass is 582 g/mol. The normalized spacial score (nSPS) is 14.9. The number of nitrogens with zero attached hydrogens (tertiary/aromatic N) is 4. The van der Waals surface area contributed by atoms with Crippen molar-refractivity contribution in [2.75, 3.05) is 7.11 Å². The Balaban J connectivity index is 1.58. The highest BCUT2D eigenvalue weighted by Gasteiger charge is 2.32. The summed E-state index contributed by atoms with van der Waals surface area (Å²) in [6, 6.07) is 15.7. The van der Waals surface area contributed by atoms with Crippen molar-refractivity contribution in [1.82, 2.24) is 19.2 Å². The predicted molar refractivity (Wildman–Crippen MR) is 147 cm³/mol. The highest BCUT2D eigenvalue weighted by atomic mass is 79.9. The van der Waals surface area contributed by atoms with Gasteiger partial charge in [0.2, 0.25) is 5.78 Å². The summed E-state index contributed by atoms with van der Waals surface area (Å²) in [5.74, 6) is 1.95. The van der Waals surface area contributed by atoms with Gasteiger partial charge in [0.25, 0.3) is 5.56 Å². The fraction of sp³-hybridized carbons (Fsp3) is 0.269. The van der Waals surface area contributed by atoms with Gasteiger partial charge in [-0.25, -0.2) is 8.97 Å². The molecule has 2 aromatic carbocycles. The van der Waals surface area contributed by atoms with Crippen molar-refractivity contribution in [3.63, 3.8) is 0 Å². The average Bonchev–Trinajstić information content (AvgIpc) is 3.45. The Morgan fingerprint density at radius 1 is 1.14 bits per heavy atom. The lowest BCUT2D eigenvalue weighted by atomic mass is 9.94. The summed E-state index contributed by atoms with van der Waals surface area (Å²) in [6.07, 6.45) is 0.676. The van der Waals surface area contributed by atoms with Crippen LogP contribution in [0.1, 0.15) is 29.9 Å². The maximum Gasteiger partial charge on any atom is 0.268 e. The van der Waals surface area contributed by atoms with Gasteiger partial charge < -0.3 is 9.47 Å². The first-order valence-electron chi connectivity index (χ1n) is 11.4. The molecule has 0 N–H and O–H groups in total. The lowest BCUT2D eigenvalue weighted by molar-refractivity contribution is -0.0379. The molecule has 1 aliphatic heterocycles. The van der Waals surface area contributed by atoms with Gasteiger partial charge in [-0.05, 0) is 61.4 Å². The van der Waals surface area contributed by atoms with Crippen LogP contribution in [0.25, 0.3) is 21.7 Å². The van der Waals surface area contributed by atoms with Crippen LogP contribution in [0.2, 0.25) is 0 Å². The molecule has 4 heterocycles. The average molecular weight is 584 g/mol. The second-order valence-electron chi connectivity index (χ2n) is 9.28. The van der Waals surface area contributed by atoms with Crippen LogP contribution in [-0.4, -0.2) is 31.9 Å².